The van der Waals surface area contributed by atoms with Crippen molar-refractivity contribution in [3.05, 3.63) is 53.6 Å². The molecule has 5 heteroatoms. The number of benzene rings is 2. The monoisotopic (exact) mass is 300 g/mol. The molecule has 1 amide bonds. The Morgan fingerprint density at radius 3 is 2.50 bits per heavy atom. The summed E-state index contributed by atoms with van der Waals surface area (Å²) in [5, 5.41) is 2.82. The van der Waals surface area contributed by atoms with Crippen molar-refractivity contribution in [2.45, 2.75) is 6.92 Å². The number of methoxy groups -OCH3 is 1. The van der Waals surface area contributed by atoms with Gasteiger partial charge in [0.05, 0.1) is 13.7 Å². The van der Waals surface area contributed by atoms with E-state index in [4.69, 9.17) is 15.2 Å². The molecule has 22 heavy (non-hydrogen) atoms. The van der Waals surface area contributed by atoms with Gasteiger partial charge in [0, 0.05) is 11.3 Å². The summed E-state index contributed by atoms with van der Waals surface area (Å²) in [5.74, 6) is 1.36. The van der Waals surface area contributed by atoms with Crippen LogP contribution in [-0.4, -0.2) is 26.2 Å². The number of nitrogen functional groups attached to an aromatic ring is 1. The first-order valence-electron chi connectivity index (χ1n) is 7.02. The zero-order chi connectivity index (χ0) is 15.9. The smallest absolute Gasteiger partial charge is 0.251 e. The molecule has 0 bridgehead atoms. The van der Waals surface area contributed by atoms with Crippen molar-refractivity contribution in [3.63, 3.8) is 0 Å². The van der Waals surface area contributed by atoms with Crippen molar-refractivity contribution < 1.29 is 14.3 Å². The van der Waals surface area contributed by atoms with Gasteiger partial charge >= 0.3 is 0 Å². The highest BCUT2D eigenvalue weighted by Gasteiger charge is 2.09. The van der Waals surface area contributed by atoms with Crippen LogP contribution < -0.4 is 20.5 Å². The number of amides is 1. The summed E-state index contributed by atoms with van der Waals surface area (Å²) in [7, 11) is 1.61. The predicted octanol–water partition coefficient (Wildman–Crippen LogP) is 2.39. The average Bonchev–Trinajstić information content (AvgIpc) is 2.54. The number of hydrogen-bond donors (Lipinski definition) is 2. The second kappa shape index (κ2) is 7.36. The highest BCUT2D eigenvalue weighted by molar-refractivity contribution is 5.96. The van der Waals surface area contributed by atoms with Gasteiger partial charge in [0.1, 0.15) is 18.1 Å². The van der Waals surface area contributed by atoms with Gasteiger partial charge in [0.15, 0.2) is 0 Å². The van der Waals surface area contributed by atoms with E-state index in [0.29, 0.717) is 24.4 Å². The van der Waals surface area contributed by atoms with Crippen LogP contribution in [0.2, 0.25) is 0 Å². The Labute approximate surface area is 130 Å². The summed E-state index contributed by atoms with van der Waals surface area (Å²) >= 11 is 0. The third-order valence-electron chi connectivity index (χ3n) is 3.34. The quantitative estimate of drug-likeness (QED) is 0.634. The molecule has 0 saturated heterocycles. The third kappa shape index (κ3) is 3.91. The highest BCUT2D eigenvalue weighted by Crippen LogP contribution is 2.17. The average molecular weight is 300 g/mol. The summed E-state index contributed by atoms with van der Waals surface area (Å²) in [6.07, 6.45) is 0. The van der Waals surface area contributed by atoms with Crippen LogP contribution in [0.25, 0.3) is 0 Å². The predicted molar refractivity (Wildman–Crippen MR) is 86.4 cm³/mol. The van der Waals surface area contributed by atoms with E-state index in [-0.39, 0.29) is 5.91 Å². The fraction of sp³-hybridized carbons (Fsp3) is 0.235. The van der Waals surface area contributed by atoms with Crippen LogP contribution in [0.15, 0.2) is 42.5 Å². The van der Waals surface area contributed by atoms with Crippen LogP contribution in [-0.2, 0) is 0 Å². The Hall–Kier alpha value is -2.69. The maximum absolute atomic E-state index is 12.1. The molecule has 3 N–H and O–H groups in total. The summed E-state index contributed by atoms with van der Waals surface area (Å²) < 4.78 is 10.6. The number of rotatable bonds is 6. The van der Waals surface area contributed by atoms with Crippen molar-refractivity contribution in [2.24, 2.45) is 0 Å². The van der Waals surface area contributed by atoms with Gasteiger partial charge in [-0.15, -0.1) is 0 Å². The Balaban J connectivity index is 1.80. The van der Waals surface area contributed by atoms with Gasteiger partial charge in [0.25, 0.3) is 5.91 Å². The standard InChI is InChI=1S/C17H20N2O3/c1-12-15(4-3-5-16(12)18)17(20)19-10-11-22-14-8-6-13(21-2)7-9-14/h3-9H,10-11,18H2,1-2H3,(H,19,20). The molecule has 0 spiro atoms. The lowest BCUT2D eigenvalue weighted by atomic mass is 10.1. The van der Waals surface area contributed by atoms with Crippen LogP contribution in [0, 0.1) is 6.92 Å². The topological polar surface area (TPSA) is 73.6 Å². The molecule has 116 valence electrons. The minimum atomic E-state index is -0.150. The van der Waals surface area contributed by atoms with Crippen molar-refractivity contribution in [1.29, 1.82) is 0 Å². The maximum atomic E-state index is 12.1. The summed E-state index contributed by atoms with van der Waals surface area (Å²) in [6, 6.07) is 12.6. The van der Waals surface area contributed by atoms with Crippen LogP contribution >= 0.6 is 0 Å². The number of carbonyl (C=O) groups excluding carboxylic acids is 1. The van der Waals surface area contributed by atoms with Crippen molar-refractivity contribution in [3.8, 4) is 11.5 Å². The molecule has 0 radical (unpaired) electrons. The van der Waals surface area contributed by atoms with E-state index in [1.165, 1.54) is 0 Å². The second-order valence-corrected chi connectivity index (χ2v) is 4.80. The Morgan fingerprint density at radius 2 is 1.82 bits per heavy atom. The molecule has 0 aliphatic carbocycles. The lowest BCUT2D eigenvalue weighted by Gasteiger charge is -2.10. The van der Waals surface area contributed by atoms with Gasteiger partial charge in [-0.25, -0.2) is 0 Å². The van der Waals surface area contributed by atoms with E-state index in [1.54, 1.807) is 25.3 Å². The van der Waals surface area contributed by atoms with E-state index >= 15 is 0 Å². The Kier molecular flexibility index (Phi) is 5.25. The summed E-state index contributed by atoms with van der Waals surface area (Å²) in [6.45, 7) is 2.64. The van der Waals surface area contributed by atoms with Gasteiger partial charge in [-0.2, -0.15) is 0 Å². The first kappa shape index (κ1) is 15.7. The summed E-state index contributed by atoms with van der Waals surface area (Å²) in [4.78, 5) is 12.1. The fourth-order valence-corrected chi connectivity index (χ4v) is 2.00. The summed E-state index contributed by atoms with van der Waals surface area (Å²) in [5.41, 5.74) is 7.79. The molecule has 0 aliphatic heterocycles. The molecular weight excluding hydrogens is 280 g/mol. The Bertz CT molecular complexity index is 639. The van der Waals surface area contributed by atoms with Crippen LogP contribution in [0.5, 0.6) is 11.5 Å². The number of ether oxygens (including phenoxy) is 2. The van der Waals surface area contributed by atoms with Crippen molar-refractivity contribution >= 4 is 11.6 Å². The van der Waals surface area contributed by atoms with Crippen LogP contribution in [0.1, 0.15) is 15.9 Å². The van der Waals surface area contributed by atoms with Gasteiger partial charge in [-0.3, -0.25) is 4.79 Å². The SMILES string of the molecule is COc1ccc(OCCNC(=O)c2cccc(N)c2C)cc1. The number of carbonyl (C=O) groups is 1. The molecule has 5 nitrogen and oxygen atoms in total. The number of nitrogens with one attached hydrogen (secondary N) is 1. The van der Waals surface area contributed by atoms with Crippen molar-refractivity contribution in [1.82, 2.24) is 5.32 Å². The number of hydrogen-bond acceptors (Lipinski definition) is 4. The van der Waals surface area contributed by atoms with Gasteiger partial charge in [-0.1, -0.05) is 6.07 Å². The second-order valence-electron chi connectivity index (χ2n) is 4.80. The zero-order valence-corrected chi connectivity index (χ0v) is 12.8. The first-order chi connectivity index (χ1) is 10.6. The molecule has 0 atom stereocenters. The maximum Gasteiger partial charge on any atom is 0.251 e. The minimum absolute atomic E-state index is 0.150. The van der Waals surface area contributed by atoms with Crippen molar-refractivity contribution in [2.75, 3.05) is 26.0 Å². The van der Waals surface area contributed by atoms with E-state index < -0.39 is 0 Å². The highest BCUT2D eigenvalue weighted by atomic mass is 16.5. The van der Waals surface area contributed by atoms with E-state index in [0.717, 1.165) is 17.1 Å². The molecular formula is C17H20N2O3. The molecule has 2 aromatic rings. The minimum Gasteiger partial charge on any atom is -0.497 e. The normalized spacial score (nSPS) is 10.1. The molecule has 0 unspecified atom stereocenters. The molecule has 0 fully saturated rings. The van der Waals surface area contributed by atoms with Gasteiger partial charge in [-0.05, 0) is 48.9 Å². The molecule has 0 aromatic heterocycles. The van der Waals surface area contributed by atoms with E-state index in [1.807, 2.05) is 31.2 Å². The molecule has 2 rings (SSSR count). The molecule has 0 heterocycles. The van der Waals surface area contributed by atoms with E-state index in [9.17, 15) is 4.79 Å². The van der Waals surface area contributed by atoms with Crippen LogP contribution in [0.3, 0.4) is 0 Å². The third-order valence-corrected chi connectivity index (χ3v) is 3.34. The van der Waals surface area contributed by atoms with Gasteiger partial charge < -0.3 is 20.5 Å². The molecule has 2 aromatic carbocycles. The number of nitrogens with two attached hydrogens (primary N) is 1. The zero-order valence-electron chi connectivity index (χ0n) is 12.8. The lowest BCUT2D eigenvalue weighted by molar-refractivity contribution is 0.0946. The first-order valence-corrected chi connectivity index (χ1v) is 7.02. The fourth-order valence-electron chi connectivity index (χ4n) is 2.00. The lowest BCUT2D eigenvalue weighted by Crippen LogP contribution is -2.28. The van der Waals surface area contributed by atoms with E-state index in [2.05, 4.69) is 5.32 Å². The largest absolute Gasteiger partial charge is 0.497 e. The van der Waals surface area contributed by atoms with Crippen LogP contribution in [0.4, 0.5) is 5.69 Å². The molecule has 0 aliphatic rings. The molecule has 0 saturated carbocycles. The van der Waals surface area contributed by atoms with Gasteiger partial charge in [0.2, 0.25) is 0 Å². The Morgan fingerprint density at radius 1 is 1.14 bits per heavy atom. The number of anilines is 1.